The van der Waals surface area contributed by atoms with Crippen LogP contribution < -0.4 is 5.32 Å². The monoisotopic (exact) mass is 292 g/mol. The Labute approximate surface area is 120 Å². The first-order valence-electron chi connectivity index (χ1n) is 6.67. The number of alkyl halides is 1. The highest BCUT2D eigenvalue weighted by atomic mass is 35.5. The van der Waals surface area contributed by atoms with Gasteiger partial charge in [-0.3, -0.25) is 4.79 Å². The SMILES string of the molecule is Cn1c(C(=O)NC23CC(F)(C2)C3)cc2cccc(Cl)c21. The molecule has 20 heavy (non-hydrogen) atoms. The molecule has 5 heteroatoms. The molecule has 1 heterocycles. The molecular weight excluding hydrogens is 279 g/mol. The molecule has 3 nitrogen and oxygen atoms in total. The summed E-state index contributed by atoms with van der Waals surface area (Å²) >= 11 is 6.18. The summed E-state index contributed by atoms with van der Waals surface area (Å²) in [5.74, 6) is -0.151. The molecule has 2 aromatic rings. The Morgan fingerprint density at radius 3 is 2.70 bits per heavy atom. The van der Waals surface area contributed by atoms with E-state index in [4.69, 9.17) is 11.6 Å². The summed E-state index contributed by atoms with van der Waals surface area (Å²) in [6, 6.07) is 7.42. The molecule has 3 saturated carbocycles. The van der Waals surface area contributed by atoms with E-state index in [9.17, 15) is 9.18 Å². The number of aromatic nitrogens is 1. The van der Waals surface area contributed by atoms with Gasteiger partial charge < -0.3 is 9.88 Å². The van der Waals surface area contributed by atoms with Crippen LogP contribution >= 0.6 is 11.6 Å². The lowest BCUT2D eigenvalue weighted by molar-refractivity contribution is -0.162. The number of amides is 1. The molecule has 3 aliphatic rings. The molecule has 1 amide bonds. The summed E-state index contributed by atoms with van der Waals surface area (Å²) in [4.78, 5) is 12.4. The lowest BCUT2D eigenvalue weighted by Gasteiger charge is -2.65. The van der Waals surface area contributed by atoms with Gasteiger partial charge in [-0.1, -0.05) is 23.7 Å². The number of carbonyl (C=O) groups excluding carboxylic acids is 1. The van der Waals surface area contributed by atoms with Crippen molar-refractivity contribution in [3.8, 4) is 0 Å². The Hall–Kier alpha value is -1.55. The number of nitrogens with zero attached hydrogens (tertiary/aromatic N) is 1. The average Bonchev–Trinajstić information content (AvgIpc) is 2.65. The summed E-state index contributed by atoms with van der Waals surface area (Å²) in [6.07, 6.45) is 1.36. The van der Waals surface area contributed by atoms with Crippen molar-refractivity contribution >= 4 is 28.4 Å². The van der Waals surface area contributed by atoms with E-state index >= 15 is 0 Å². The van der Waals surface area contributed by atoms with Crippen molar-refractivity contribution in [3.05, 3.63) is 35.0 Å². The number of rotatable bonds is 2. The van der Waals surface area contributed by atoms with Crippen LogP contribution in [0.4, 0.5) is 4.39 Å². The van der Waals surface area contributed by atoms with Crippen molar-refractivity contribution in [2.45, 2.75) is 30.5 Å². The maximum absolute atomic E-state index is 13.5. The van der Waals surface area contributed by atoms with E-state index in [1.165, 1.54) is 0 Å². The molecule has 0 radical (unpaired) electrons. The van der Waals surface area contributed by atoms with Crippen LogP contribution in [0.2, 0.25) is 5.02 Å². The predicted octanol–water partition coefficient (Wildman–Crippen LogP) is 3.21. The molecular formula is C15H14ClFN2O. The number of nitrogens with one attached hydrogen (secondary N) is 1. The highest BCUT2D eigenvalue weighted by molar-refractivity contribution is 6.35. The molecule has 0 unspecified atom stereocenters. The Bertz CT molecular complexity index is 732. The lowest BCUT2D eigenvalue weighted by Crippen LogP contribution is -2.76. The predicted molar refractivity (Wildman–Crippen MR) is 75.8 cm³/mol. The molecule has 0 spiro atoms. The van der Waals surface area contributed by atoms with Crippen LogP contribution in [0.15, 0.2) is 24.3 Å². The number of hydrogen-bond donors (Lipinski definition) is 1. The molecule has 0 atom stereocenters. The Morgan fingerprint density at radius 2 is 2.10 bits per heavy atom. The van der Waals surface area contributed by atoms with Gasteiger partial charge in [-0.2, -0.15) is 0 Å². The maximum Gasteiger partial charge on any atom is 0.268 e. The first-order chi connectivity index (χ1) is 9.41. The molecule has 2 bridgehead atoms. The van der Waals surface area contributed by atoms with E-state index < -0.39 is 5.67 Å². The normalized spacial score (nSPS) is 30.8. The second kappa shape index (κ2) is 3.55. The van der Waals surface area contributed by atoms with Crippen LogP contribution in [0.25, 0.3) is 10.9 Å². The average molecular weight is 293 g/mol. The zero-order chi connectivity index (χ0) is 14.1. The van der Waals surface area contributed by atoms with Gasteiger partial charge in [-0.05, 0) is 12.1 Å². The minimum Gasteiger partial charge on any atom is -0.345 e. The van der Waals surface area contributed by atoms with Crippen LogP contribution in [0, 0.1) is 0 Å². The van der Waals surface area contributed by atoms with Crippen LogP contribution in [0.1, 0.15) is 29.8 Å². The smallest absolute Gasteiger partial charge is 0.268 e. The summed E-state index contributed by atoms with van der Waals surface area (Å²) in [5.41, 5.74) is 0.103. The van der Waals surface area contributed by atoms with Crippen LogP contribution in [0.3, 0.4) is 0 Å². The Kier molecular flexibility index (Phi) is 2.17. The molecule has 0 aliphatic heterocycles. The molecule has 3 fully saturated rings. The fourth-order valence-corrected chi connectivity index (χ4v) is 3.99. The third-order valence-corrected chi connectivity index (χ3v) is 4.89. The number of benzene rings is 1. The van der Waals surface area contributed by atoms with E-state index in [1.807, 2.05) is 25.2 Å². The van der Waals surface area contributed by atoms with Gasteiger partial charge in [0.2, 0.25) is 0 Å². The van der Waals surface area contributed by atoms with E-state index in [0.29, 0.717) is 30.0 Å². The van der Waals surface area contributed by atoms with Crippen LogP contribution in [0.5, 0.6) is 0 Å². The number of hydrogen-bond acceptors (Lipinski definition) is 1. The highest BCUT2D eigenvalue weighted by Crippen LogP contribution is 2.62. The number of aryl methyl sites for hydroxylation is 1. The van der Waals surface area contributed by atoms with Crippen molar-refractivity contribution < 1.29 is 9.18 Å². The summed E-state index contributed by atoms with van der Waals surface area (Å²) < 4.78 is 15.3. The molecule has 1 aromatic carbocycles. The zero-order valence-electron chi connectivity index (χ0n) is 11.0. The minimum absolute atomic E-state index is 0.151. The van der Waals surface area contributed by atoms with Gasteiger partial charge in [-0.25, -0.2) is 4.39 Å². The van der Waals surface area contributed by atoms with E-state index in [2.05, 4.69) is 5.32 Å². The molecule has 1 aromatic heterocycles. The molecule has 5 rings (SSSR count). The van der Waals surface area contributed by atoms with E-state index in [-0.39, 0.29) is 11.4 Å². The fraction of sp³-hybridized carbons (Fsp3) is 0.400. The molecule has 1 N–H and O–H groups in total. The van der Waals surface area contributed by atoms with Gasteiger partial charge in [0.05, 0.1) is 10.5 Å². The largest absolute Gasteiger partial charge is 0.345 e. The minimum atomic E-state index is -1.00. The second-order valence-corrected chi connectivity index (χ2v) is 6.59. The Balaban J connectivity index is 1.67. The van der Waals surface area contributed by atoms with E-state index in [0.717, 1.165) is 10.9 Å². The maximum atomic E-state index is 13.5. The Morgan fingerprint density at radius 1 is 1.40 bits per heavy atom. The van der Waals surface area contributed by atoms with Crippen molar-refractivity contribution in [2.24, 2.45) is 7.05 Å². The van der Waals surface area contributed by atoms with Crippen molar-refractivity contribution in [2.75, 3.05) is 0 Å². The number of para-hydroxylation sites is 1. The third-order valence-electron chi connectivity index (χ3n) is 4.58. The van der Waals surface area contributed by atoms with Gasteiger partial charge in [0.15, 0.2) is 0 Å². The first kappa shape index (κ1) is 12.2. The van der Waals surface area contributed by atoms with Gasteiger partial charge in [-0.15, -0.1) is 0 Å². The highest BCUT2D eigenvalue weighted by Gasteiger charge is 2.69. The lowest BCUT2D eigenvalue weighted by atomic mass is 9.47. The quantitative estimate of drug-likeness (QED) is 0.906. The fourth-order valence-electron chi connectivity index (χ4n) is 3.69. The first-order valence-corrected chi connectivity index (χ1v) is 7.05. The summed E-state index contributed by atoms with van der Waals surface area (Å²) in [7, 11) is 1.82. The second-order valence-electron chi connectivity index (χ2n) is 6.18. The third kappa shape index (κ3) is 1.48. The molecule has 0 saturated heterocycles. The van der Waals surface area contributed by atoms with Gasteiger partial charge >= 0.3 is 0 Å². The van der Waals surface area contributed by atoms with Crippen molar-refractivity contribution in [3.63, 3.8) is 0 Å². The zero-order valence-corrected chi connectivity index (χ0v) is 11.8. The van der Waals surface area contributed by atoms with Gasteiger partial charge in [0, 0.05) is 37.2 Å². The standard InChI is InChI=1S/C15H14ClFN2O/c1-19-11(5-9-3-2-4-10(16)12(9)19)13(20)18-15-6-14(17,7-15)8-15/h2-5H,6-8H2,1H3,(H,18,20). The van der Waals surface area contributed by atoms with Crippen LogP contribution in [-0.4, -0.2) is 21.7 Å². The van der Waals surface area contributed by atoms with E-state index in [1.54, 1.807) is 10.6 Å². The van der Waals surface area contributed by atoms with Gasteiger partial charge in [0.1, 0.15) is 11.4 Å². The number of fused-ring (bicyclic) bond motifs is 1. The number of halogens is 2. The van der Waals surface area contributed by atoms with Crippen LogP contribution in [-0.2, 0) is 7.05 Å². The summed E-state index contributed by atoms with van der Waals surface area (Å²) in [6.45, 7) is 0. The topological polar surface area (TPSA) is 34.0 Å². The van der Waals surface area contributed by atoms with Gasteiger partial charge in [0.25, 0.3) is 5.91 Å². The van der Waals surface area contributed by atoms with Crippen molar-refractivity contribution in [1.82, 2.24) is 9.88 Å². The molecule has 3 aliphatic carbocycles. The number of carbonyl (C=O) groups is 1. The molecule has 104 valence electrons. The van der Waals surface area contributed by atoms with Crippen molar-refractivity contribution in [1.29, 1.82) is 0 Å². The summed E-state index contributed by atoms with van der Waals surface area (Å²) in [5, 5.41) is 4.54.